The summed E-state index contributed by atoms with van der Waals surface area (Å²) in [5, 5.41) is 4.01. The minimum Gasteiger partial charge on any atom is -0.377 e. The fraction of sp³-hybridized carbons (Fsp3) is 0.571. The van der Waals surface area contributed by atoms with Gasteiger partial charge in [0, 0.05) is 19.9 Å². The number of fused-ring (bicyclic) bond motifs is 1. The molecule has 108 valence electrons. The minimum absolute atomic E-state index is 0.499. The number of methoxy groups -OCH3 is 1. The van der Waals surface area contributed by atoms with Crippen molar-refractivity contribution in [1.82, 2.24) is 19.9 Å². The van der Waals surface area contributed by atoms with E-state index in [4.69, 9.17) is 16.3 Å². The van der Waals surface area contributed by atoms with Gasteiger partial charge in [-0.2, -0.15) is 0 Å². The lowest BCUT2D eigenvalue weighted by molar-refractivity contribution is 0.172. The molecule has 1 aliphatic heterocycles. The molecule has 0 amide bonds. The summed E-state index contributed by atoms with van der Waals surface area (Å²) in [6, 6.07) is 1.86. The van der Waals surface area contributed by atoms with Crippen LogP contribution in [0.2, 0.25) is 5.02 Å². The van der Waals surface area contributed by atoms with Gasteiger partial charge in [0.25, 0.3) is 0 Å². The summed E-state index contributed by atoms with van der Waals surface area (Å²) < 4.78 is 7.45. The smallest absolute Gasteiger partial charge is 0.160 e. The van der Waals surface area contributed by atoms with Crippen molar-refractivity contribution in [2.45, 2.75) is 26.0 Å². The highest BCUT2D eigenvalue weighted by Gasteiger charge is 2.18. The number of rotatable bonds is 4. The molecule has 0 aromatic carbocycles. The zero-order valence-corrected chi connectivity index (χ0v) is 12.4. The summed E-state index contributed by atoms with van der Waals surface area (Å²) in [7, 11) is 1.69. The largest absolute Gasteiger partial charge is 0.377 e. The van der Waals surface area contributed by atoms with E-state index < -0.39 is 0 Å². The molecule has 1 N–H and O–H groups in total. The van der Waals surface area contributed by atoms with Crippen LogP contribution in [0.1, 0.15) is 18.7 Å². The van der Waals surface area contributed by atoms with Crippen LogP contribution >= 0.6 is 11.6 Å². The maximum atomic E-state index is 6.00. The van der Waals surface area contributed by atoms with Gasteiger partial charge in [-0.3, -0.25) is 0 Å². The molecule has 0 unspecified atom stereocenters. The first-order valence-electron chi connectivity index (χ1n) is 6.98. The lowest BCUT2D eigenvalue weighted by Crippen LogP contribution is -2.30. The molecular weight excluding hydrogens is 276 g/mol. The van der Waals surface area contributed by atoms with Crippen molar-refractivity contribution in [3.8, 4) is 0 Å². The van der Waals surface area contributed by atoms with Crippen molar-refractivity contribution in [2.24, 2.45) is 5.92 Å². The number of nitrogens with zero attached hydrogens (tertiary/aromatic N) is 3. The fourth-order valence-electron chi connectivity index (χ4n) is 2.79. The van der Waals surface area contributed by atoms with Crippen LogP contribution in [-0.2, 0) is 17.9 Å². The van der Waals surface area contributed by atoms with Crippen LogP contribution in [0.4, 0.5) is 0 Å². The molecule has 1 fully saturated rings. The minimum atomic E-state index is 0.499. The van der Waals surface area contributed by atoms with Gasteiger partial charge in [-0.15, -0.1) is 0 Å². The Kier molecular flexibility index (Phi) is 4.19. The number of piperidine rings is 1. The normalized spacial score (nSPS) is 16.9. The zero-order valence-electron chi connectivity index (χ0n) is 11.6. The molecule has 5 nitrogen and oxygen atoms in total. The third-order valence-corrected chi connectivity index (χ3v) is 4.01. The van der Waals surface area contributed by atoms with Crippen molar-refractivity contribution in [1.29, 1.82) is 0 Å². The second-order valence-electron chi connectivity index (χ2n) is 5.26. The Morgan fingerprint density at radius 2 is 2.25 bits per heavy atom. The van der Waals surface area contributed by atoms with E-state index >= 15 is 0 Å². The molecule has 3 rings (SSSR count). The molecule has 1 aliphatic rings. The monoisotopic (exact) mass is 294 g/mol. The molecule has 2 aromatic heterocycles. The number of aromatic nitrogens is 3. The van der Waals surface area contributed by atoms with Crippen LogP contribution < -0.4 is 5.32 Å². The van der Waals surface area contributed by atoms with E-state index in [9.17, 15) is 0 Å². The van der Waals surface area contributed by atoms with E-state index in [2.05, 4.69) is 19.9 Å². The van der Waals surface area contributed by atoms with E-state index in [1.54, 1.807) is 13.3 Å². The predicted molar refractivity (Wildman–Crippen MR) is 78.8 cm³/mol. The van der Waals surface area contributed by atoms with E-state index in [1.807, 2.05) is 6.07 Å². The number of hydrogen-bond acceptors (Lipinski definition) is 4. The van der Waals surface area contributed by atoms with Crippen molar-refractivity contribution in [3.63, 3.8) is 0 Å². The molecule has 1 saturated heterocycles. The number of halogens is 1. The van der Waals surface area contributed by atoms with E-state index in [0.29, 0.717) is 17.5 Å². The Balaban J connectivity index is 1.95. The maximum absolute atomic E-state index is 6.00. The quantitative estimate of drug-likeness (QED) is 0.939. The lowest BCUT2D eigenvalue weighted by Gasteiger charge is -2.23. The van der Waals surface area contributed by atoms with Crippen LogP contribution in [0.15, 0.2) is 12.3 Å². The van der Waals surface area contributed by atoms with E-state index in [1.165, 1.54) is 12.8 Å². The Hall–Kier alpha value is -1.17. The number of pyridine rings is 1. The third-order valence-electron chi connectivity index (χ3n) is 3.80. The average molecular weight is 295 g/mol. The number of imidazole rings is 1. The van der Waals surface area contributed by atoms with Gasteiger partial charge in [-0.25, -0.2) is 9.97 Å². The zero-order chi connectivity index (χ0) is 13.9. The summed E-state index contributed by atoms with van der Waals surface area (Å²) in [5.74, 6) is 1.59. The van der Waals surface area contributed by atoms with Crippen LogP contribution in [0.25, 0.3) is 11.2 Å². The first-order chi connectivity index (χ1) is 9.78. The van der Waals surface area contributed by atoms with Gasteiger partial charge in [0.1, 0.15) is 17.9 Å². The first-order valence-corrected chi connectivity index (χ1v) is 7.36. The Morgan fingerprint density at radius 1 is 1.45 bits per heavy atom. The van der Waals surface area contributed by atoms with Gasteiger partial charge in [0.2, 0.25) is 0 Å². The van der Waals surface area contributed by atoms with Gasteiger partial charge in [0.15, 0.2) is 5.65 Å². The summed E-state index contributed by atoms with van der Waals surface area (Å²) in [6.07, 6.45) is 4.07. The van der Waals surface area contributed by atoms with E-state index in [-0.39, 0.29) is 0 Å². The van der Waals surface area contributed by atoms with Crippen molar-refractivity contribution >= 4 is 22.8 Å². The highest BCUT2D eigenvalue weighted by atomic mass is 35.5. The maximum Gasteiger partial charge on any atom is 0.160 e. The molecular formula is C14H19ClN4O. The second kappa shape index (κ2) is 6.08. The van der Waals surface area contributed by atoms with Gasteiger partial charge >= 0.3 is 0 Å². The van der Waals surface area contributed by atoms with E-state index in [0.717, 1.165) is 36.6 Å². The Morgan fingerprint density at radius 3 is 3.00 bits per heavy atom. The van der Waals surface area contributed by atoms with Crippen LogP contribution in [0, 0.1) is 5.92 Å². The lowest BCUT2D eigenvalue weighted by atomic mass is 9.98. The van der Waals surface area contributed by atoms with Crippen molar-refractivity contribution in [2.75, 3.05) is 20.2 Å². The molecule has 3 heterocycles. The van der Waals surface area contributed by atoms with Crippen LogP contribution in [0.3, 0.4) is 0 Å². The highest BCUT2D eigenvalue weighted by molar-refractivity contribution is 6.31. The molecule has 0 spiro atoms. The molecule has 0 saturated carbocycles. The highest BCUT2D eigenvalue weighted by Crippen LogP contribution is 2.22. The summed E-state index contributed by atoms with van der Waals surface area (Å²) >= 11 is 6.00. The van der Waals surface area contributed by atoms with Gasteiger partial charge < -0.3 is 14.6 Å². The molecule has 0 aliphatic carbocycles. The third kappa shape index (κ3) is 2.80. The topological polar surface area (TPSA) is 52.0 Å². The Labute approximate surface area is 123 Å². The molecule has 6 heteroatoms. The molecule has 2 aromatic rings. The standard InChI is InChI=1S/C14H19ClN4O/c1-20-9-13-18-12-6-11(15)7-17-14(12)19(13)8-10-2-4-16-5-3-10/h6-7,10,16H,2-5,8-9H2,1H3. The van der Waals surface area contributed by atoms with Gasteiger partial charge in [-0.05, 0) is 37.9 Å². The van der Waals surface area contributed by atoms with Crippen LogP contribution in [0.5, 0.6) is 0 Å². The van der Waals surface area contributed by atoms with Crippen molar-refractivity contribution in [3.05, 3.63) is 23.1 Å². The molecule has 0 radical (unpaired) electrons. The average Bonchev–Trinajstić information content (AvgIpc) is 2.77. The molecule has 20 heavy (non-hydrogen) atoms. The van der Waals surface area contributed by atoms with Gasteiger partial charge in [0.05, 0.1) is 5.02 Å². The SMILES string of the molecule is COCc1nc2cc(Cl)cnc2n1CC1CCNCC1. The molecule has 0 atom stereocenters. The molecule has 0 bridgehead atoms. The summed E-state index contributed by atoms with van der Waals surface area (Å²) in [6.45, 7) is 3.64. The van der Waals surface area contributed by atoms with Gasteiger partial charge in [-0.1, -0.05) is 11.6 Å². The summed E-state index contributed by atoms with van der Waals surface area (Å²) in [5.41, 5.74) is 1.75. The first kappa shape index (κ1) is 13.8. The summed E-state index contributed by atoms with van der Waals surface area (Å²) in [4.78, 5) is 9.05. The van der Waals surface area contributed by atoms with Crippen LogP contribution in [-0.4, -0.2) is 34.7 Å². The number of hydrogen-bond donors (Lipinski definition) is 1. The number of nitrogens with one attached hydrogen (secondary N) is 1. The van der Waals surface area contributed by atoms with Crippen molar-refractivity contribution < 1.29 is 4.74 Å². The number of ether oxygens (including phenoxy) is 1. The second-order valence-corrected chi connectivity index (χ2v) is 5.70. The Bertz CT molecular complexity index is 592. The fourth-order valence-corrected chi connectivity index (χ4v) is 2.94. The predicted octanol–water partition coefficient (Wildman–Crippen LogP) is 2.23.